The Morgan fingerprint density at radius 1 is 0.598 bits per heavy atom. The van der Waals surface area contributed by atoms with Crippen LogP contribution in [0.4, 0.5) is 32.3 Å². The second-order valence-electron chi connectivity index (χ2n) is 25.8. The molecular formula is C80H77N7O20. The van der Waals surface area contributed by atoms with Gasteiger partial charge in [-0.2, -0.15) is 0 Å². The quantitative estimate of drug-likeness (QED) is 0.0272. The van der Waals surface area contributed by atoms with Crippen molar-refractivity contribution >= 4 is 88.6 Å². The number of nitrogens with zero attached hydrogens (tertiary/aromatic N) is 4. The molecule has 1 saturated heterocycles. The maximum Gasteiger partial charge on any atom is 0.411 e. The maximum absolute atomic E-state index is 14.4. The molecule has 5 amide bonds. The Kier molecular flexibility index (Phi) is 21.9. The number of carbonyl (C=O) groups excluding carboxylic acids is 8. The van der Waals surface area contributed by atoms with Gasteiger partial charge >= 0.3 is 30.1 Å². The molecule has 0 radical (unpaired) electrons. The minimum Gasteiger partial charge on any atom is -0.497 e. The lowest BCUT2D eigenvalue weighted by atomic mass is 9.93. The molecule has 6 aliphatic rings. The SMILES string of the molecule is COc1ccc([C@@H]2C=CN3C(=O)c4cc(OC)c(OCCCOc5cc6c(cc5OC)C(=O)N5C=C(c7cccc(NC(=O)OCc8ccc(O[C@@H]9O[C@H](C)[C@@H](OC(C)=O)[C@H](OC(C)=O)[C@H]9OC(C)=O)c(NC(=O)CCNC(=O)OCC9c%10ccccc%10-c%10ccccc%109)c8)c7)C[C@H]5C=N6)cc4N=CC23)cc1. The van der Waals surface area contributed by atoms with Crippen LogP contribution in [0.2, 0.25) is 0 Å². The normalized spacial score (nSPS) is 19.9. The second-order valence-corrected chi connectivity index (χ2v) is 25.8. The van der Waals surface area contributed by atoms with Gasteiger partial charge in [0.2, 0.25) is 18.3 Å². The molecule has 1 aliphatic carbocycles. The van der Waals surface area contributed by atoms with Gasteiger partial charge in [-0.3, -0.25) is 44.1 Å². The summed E-state index contributed by atoms with van der Waals surface area (Å²) in [6.07, 6.45) is 1.42. The highest BCUT2D eigenvalue weighted by Crippen LogP contribution is 2.46. The lowest BCUT2D eigenvalue weighted by Crippen LogP contribution is -2.62. The maximum atomic E-state index is 14.4. The zero-order valence-electron chi connectivity index (χ0n) is 59.5. The third kappa shape index (κ3) is 16.2. The molecule has 13 rings (SSSR count). The van der Waals surface area contributed by atoms with Crippen molar-refractivity contribution in [2.75, 3.05) is 58.3 Å². The van der Waals surface area contributed by atoms with Crippen molar-refractivity contribution in [1.29, 1.82) is 0 Å². The van der Waals surface area contributed by atoms with E-state index >= 15 is 0 Å². The average molecular weight is 1460 g/mol. The molecule has 5 heterocycles. The fourth-order valence-electron chi connectivity index (χ4n) is 13.8. The molecule has 0 spiro atoms. The lowest BCUT2D eigenvalue weighted by molar-refractivity contribution is -0.280. The highest BCUT2D eigenvalue weighted by Gasteiger charge is 2.52. The topological polar surface area (TPSA) is 315 Å². The van der Waals surface area contributed by atoms with E-state index in [-0.39, 0.29) is 80.5 Å². The van der Waals surface area contributed by atoms with Crippen LogP contribution >= 0.6 is 0 Å². The highest BCUT2D eigenvalue weighted by atomic mass is 16.7. The number of fused-ring (bicyclic) bond motifs is 7. The highest BCUT2D eigenvalue weighted by molar-refractivity contribution is 6.06. The van der Waals surface area contributed by atoms with Crippen LogP contribution in [0, 0.1) is 0 Å². The van der Waals surface area contributed by atoms with Crippen LogP contribution in [0.25, 0.3) is 16.7 Å². The monoisotopic (exact) mass is 1460 g/mol. The first-order chi connectivity index (χ1) is 51.8. The summed E-state index contributed by atoms with van der Waals surface area (Å²) in [5, 5.41) is 8.20. The number of hydrogen-bond donors (Lipinski definition) is 3. The third-order valence-electron chi connectivity index (χ3n) is 18.8. The van der Waals surface area contributed by atoms with E-state index in [1.54, 1.807) is 97.2 Å². The number of ether oxygens (including phenoxy) is 12. The summed E-state index contributed by atoms with van der Waals surface area (Å²) < 4.78 is 69.7. The Hall–Kier alpha value is -12.5. The minimum absolute atomic E-state index is 0.0305. The Morgan fingerprint density at radius 3 is 1.89 bits per heavy atom. The van der Waals surface area contributed by atoms with Gasteiger partial charge in [0, 0.05) is 101 Å². The molecule has 7 aromatic rings. The van der Waals surface area contributed by atoms with E-state index in [0.717, 1.165) is 59.9 Å². The molecule has 27 nitrogen and oxygen atoms in total. The number of methoxy groups -OCH3 is 3. The van der Waals surface area contributed by atoms with E-state index < -0.39 is 72.7 Å². The Balaban J connectivity index is 0.629. The van der Waals surface area contributed by atoms with Crippen molar-refractivity contribution in [3.8, 4) is 45.6 Å². The van der Waals surface area contributed by atoms with Crippen LogP contribution in [-0.2, 0) is 54.2 Å². The van der Waals surface area contributed by atoms with Gasteiger partial charge in [0.05, 0.1) is 80.9 Å². The molecule has 7 aromatic carbocycles. The predicted octanol–water partition coefficient (Wildman–Crippen LogP) is 11.9. The van der Waals surface area contributed by atoms with Crippen LogP contribution in [0.15, 0.2) is 168 Å². The zero-order chi connectivity index (χ0) is 75.0. The van der Waals surface area contributed by atoms with Crippen molar-refractivity contribution in [2.24, 2.45) is 9.98 Å². The van der Waals surface area contributed by atoms with Crippen LogP contribution in [0.5, 0.6) is 34.5 Å². The number of carbonyl (C=O) groups is 8. The Bertz CT molecular complexity index is 4700. The summed E-state index contributed by atoms with van der Waals surface area (Å²) in [7, 11) is 4.61. The standard InChI is InChI=1S/C80H77N7O20/c1-44-73(104-45(2)88)74(105-46(3)89)75(106-47(4)90)78(103-44)107-67-25-20-48(32-65(67)85-72(91)26-28-81-79(94)102-43-62-58-18-10-8-16-56(58)57-17-9-11-19-59(57)62)42-101-80(95)84-52-15-12-14-50(33-52)51-34-53-39-82-63-37-70(69(98-7)36-61(63)77(93)87(53)41-51)99-30-13-31-100-71-38-64-60(35-68(71)97-6)76(92)86-29-27-55(66(86)40-83-64)49-21-23-54(96-5)24-22-49/h8-12,14-25,27,29,32-33,35-41,44,53,55,62,66,73-75,78H,13,26,28,30-31,34,42-43H2,1-7H3,(H,81,94)(H,84,95)(H,85,91)/t44-,53+,55+,66?,73-,74+,75-,78+/m1/s1. The number of rotatable bonds is 25. The number of amides is 5. The van der Waals surface area contributed by atoms with Gasteiger partial charge < -0.3 is 77.3 Å². The average Bonchev–Trinajstić information content (AvgIpc) is 1.38. The van der Waals surface area contributed by atoms with Crippen LogP contribution in [0.1, 0.15) is 107 Å². The Morgan fingerprint density at radius 2 is 1.23 bits per heavy atom. The predicted molar refractivity (Wildman–Crippen MR) is 390 cm³/mol. The molecule has 0 saturated carbocycles. The molecule has 107 heavy (non-hydrogen) atoms. The molecule has 0 bridgehead atoms. The smallest absolute Gasteiger partial charge is 0.411 e. The van der Waals surface area contributed by atoms with Crippen LogP contribution < -0.4 is 44.4 Å². The van der Waals surface area contributed by atoms with E-state index in [4.69, 9.17) is 66.8 Å². The summed E-state index contributed by atoms with van der Waals surface area (Å²) >= 11 is 0. The van der Waals surface area contributed by atoms with Gasteiger partial charge in [-0.15, -0.1) is 0 Å². The molecule has 552 valence electrons. The molecular weight excluding hydrogens is 1380 g/mol. The van der Waals surface area contributed by atoms with Gasteiger partial charge in [-0.1, -0.05) is 84.9 Å². The first-order valence-corrected chi connectivity index (χ1v) is 34.7. The van der Waals surface area contributed by atoms with E-state index in [2.05, 4.69) is 16.0 Å². The largest absolute Gasteiger partial charge is 0.497 e. The number of nitrogens with one attached hydrogen (secondary N) is 3. The summed E-state index contributed by atoms with van der Waals surface area (Å²) in [6.45, 7) is 4.95. The van der Waals surface area contributed by atoms with E-state index in [1.165, 1.54) is 26.4 Å². The van der Waals surface area contributed by atoms with Crippen LogP contribution in [-0.4, -0.2) is 161 Å². The molecule has 0 aromatic heterocycles. The Labute approximate surface area is 615 Å². The summed E-state index contributed by atoms with van der Waals surface area (Å²) in [6, 6.07) is 40.9. The molecule has 27 heteroatoms. The number of alkyl carbamates (subject to hydrolysis) is 1. The van der Waals surface area contributed by atoms with Gasteiger partial charge in [0.25, 0.3) is 11.8 Å². The number of benzene rings is 7. The number of aliphatic imine (C=N–C) groups is 2. The van der Waals surface area contributed by atoms with Crippen molar-refractivity contribution in [3.63, 3.8) is 0 Å². The summed E-state index contributed by atoms with van der Waals surface area (Å²) in [5.41, 5.74) is 9.01. The van der Waals surface area contributed by atoms with Crippen LogP contribution in [0.3, 0.4) is 0 Å². The van der Waals surface area contributed by atoms with E-state index in [0.29, 0.717) is 75.2 Å². The fourth-order valence-corrected chi connectivity index (χ4v) is 13.8. The summed E-state index contributed by atoms with van der Waals surface area (Å²) in [4.78, 5) is 119. The van der Waals surface area contributed by atoms with Crippen molar-refractivity contribution in [3.05, 3.63) is 197 Å². The van der Waals surface area contributed by atoms with Gasteiger partial charge in [-0.05, 0) is 100.0 Å². The zero-order valence-corrected chi connectivity index (χ0v) is 59.5. The van der Waals surface area contributed by atoms with E-state index in [9.17, 15) is 38.4 Å². The molecule has 3 N–H and O–H groups in total. The molecule has 8 atom stereocenters. The number of esters is 3. The van der Waals surface area contributed by atoms with Gasteiger partial charge in [0.15, 0.2) is 35.2 Å². The van der Waals surface area contributed by atoms with E-state index in [1.807, 2.05) is 84.9 Å². The first-order valence-electron chi connectivity index (χ1n) is 34.7. The molecule has 1 fully saturated rings. The fraction of sp³-hybridized carbons (Fsp3) is 0.300. The van der Waals surface area contributed by atoms with Crippen molar-refractivity contribution in [1.82, 2.24) is 15.1 Å². The van der Waals surface area contributed by atoms with Gasteiger partial charge in [0.1, 0.15) is 24.7 Å². The third-order valence-corrected chi connectivity index (χ3v) is 18.8. The summed E-state index contributed by atoms with van der Waals surface area (Å²) in [5.74, 6) is -1.56. The lowest BCUT2D eigenvalue weighted by Gasteiger charge is -2.43. The van der Waals surface area contributed by atoms with Crippen molar-refractivity contribution < 1.29 is 95.2 Å². The number of anilines is 2. The molecule has 5 aliphatic heterocycles. The first kappa shape index (κ1) is 72.8. The minimum atomic E-state index is -1.52. The second kappa shape index (κ2) is 32.2. The molecule has 1 unspecified atom stereocenters. The van der Waals surface area contributed by atoms with Crippen molar-refractivity contribution in [2.45, 2.75) is 108 Å². The number of hydrogen-bond acceptors (Lipinski definition) is 22. The van der Waals surface area contributed by atoms with Gasteiger partial charge in [-0.25, -0.2) is 9.59 Å².